The molecular formula is C13H21NO2. The predicted molar refractivity (Wildman–Crippen MR) is 65.9 cm³/mol. The summed E-state index contributed by atoms with van der Waals surface area (Å²) in [6, 6.07) is 5.66. The summed E-state index contributed by atoms with van der Waals surface area (Å²) in [6.45, 7) is 4.56. The zero-order valence-electron chi connectivity index (χ0n) is 10.1. The van der Waals surface area contributed by atoms with Crippen LogP contribution >= 0.6 is 0 Å². The van der Waals surface area contributed by atoms with Gasteiger partial charge in [-0.05, 0) is 31.4 Å². The fourth-order valence-corrected chi connectivity index (χ4v) is 1.76. The third-order valence-electron chi connectivity index (χ3n) is 2.52. The summed E-state index contributed by atoms with van der Waals surface area (Å²) in [5, 5.41) is 9.96. The summed E-state index contributed by atoms with van der Waals surface area (Å²) in [5.41, 5.74) is 6.82. The van der Waals surface area contributed by atoms with Crippen molar-refractivity contribution >= 4 is 0 Å². The molecule has 3 N–H and O–H groups in total. The molecule has 0 amide bonds. The van der Waals surface area contributed by atoms with Gasteiger partial charge in [0.15, 0.2) is 11.5 Å². The number of nitrogens with two attached hydrogens (primary N) is 1. The number of para-hydroxylation sites is 1. The lowest BCUT2D eigenvalue weighted by molar-refractivity contribution is 0.316. The highest BCUT2D eigenvalue weighted by Crippen LogP contribution is 2.30. The first-order chi connectivity index (χ1) is 7.69. The molecule has 0 aliphatic rings. The van der Waals surface area contributed by atoms with E-state index in [2.05, 4.69) is 6.92 Å². The highest BCUT2D eigenvalue weighted by molar-refractivity contribution is 5.45. The SMILES string of the molecule is CCCC(N)Cc1cccc(OCC)c1O. The summed E-state index contributed by atoms with van der Waals surface area (Å²) in [6.07, 6.45) is 2.73. The maximum absolute atomic E-state index is 9.96. The van der Waals surface area contributed by atoms with E-state index in [9.17, 15) is 5.11 Å². The van der Waals surface area contributed by atoms with Crippen LogP contribution in [-0.4, -0.2) is 17.8 Å². The minimum absolute atomic E-state index is 0.104. The van der Waals surface area contributed by atoms with Crippen LogP contribution in [0, 0.1) is 0 Å². The molecule has 0 bridgehead atoms. The van der Waals surface area contributed by atoms with Gasteiger partial charge in [0, 0.05) is 6.04 Å². The summed E-state index contributed by atoms with van der Waals surface area (Å²) in [5.74, 6) is 0.777. The first-order valence-corrected chi connectivity index (χ1v) is 5.88. The van der Waals surface area contributed by atoms with E-state index in [0.29, 0.717) is 18.8 Å². The molecule has 0 aliphatic carbocycles. The van der Waals surface area contributed by atoms with Crippen molar-refractivity contribution in [2.24, 2.45) is 5.73 Å². The molecule has 0 saturated carbocycles. The zero-order chi connectivity index (χ0) is 12.0. The lowest BCUT2D eigenvalue weighted by Crippen LogP contribution is -2.22. The molecule has 0 radical (unpaired) electrons. The Morgan fingerprint density at radius 1 is 1.38 bits per heavy atom. The molecule has 1 aromatic carbocycles. The van der Waals surface area contributed by atoms with Gasteiger partial charge in [0.25, 0.3) is 0 Å². The van der Waals surface area contributed by atoms with Gasteiger partial charge in [0.05, 0.1) is 6.61 Å². The molecule has 1 unspecified atom stereocenters. The Labute approximate surface area is 97.2 Å². The molecule has 3 heteroatoms. The molecule has 1 rings (SSSR count). The van der Waals surface area contributed by atoms with E-state index in [1.54, 1.807) is 6.07 Å². The van der Waals surface area contributed by atoms with Crippen LogP contribution in [0.4, 0.5) is 0 Å². The van der Waals surface area contributed by atoms with Crippen LogP contribution in [0.25, 0.3) is 0 Å². The predicted octanol–water partition coefficient (Wildman–Crippen LogP) is 2.46. The minimum atomic E-state index is 0.104. The first kappa shape index (κ1) is 12.8. The van der Waals surface area contributed by atoms with Crippen LogP contribution in [0.1, 0.15) is 32.3 Å². The largest absolute Gasteiger partial charge is 0.504 e. The fourth-order valence-electron chi connectivity index (χ4n) is 1.76. The molecule has 0 aliphatic heterocycles. The number of hydrogen-bond acceptors (Lipinski definition) is 3. The fraction of sp³-hybridized carbons (Fsp3) is 0.538. The normalized spacial score (nSPS) is 12.4. The molecule has 0 aromatic heterocycles. The quantitative estimate of drug-likeness (QED) is 0.779. The van der Waals surface area contributed by atoms with Crippen LogP contribution in [0.15, 0.2) is 18.2 Å². The molecule has 3 nitrogen and oxygen atoms in total. The lowest BCUT2D eigenvalue weighted by atomic mass is 10.0. The highest BCUT2D eigenvalue weighted by atomic mass is 16.5. The monoisotopic (exact) mass is 223 g/mol. The second kappa shape index (κ2) is 6.38. The molecule has 1 atom stereocenters. The van der Waals surface area contributed by atoms with E-state index in [0.717, 1.165) is 18.4 Å². The average Bonchev–Trinajstić information content (AvgIpc) is 2.24. The maximum Gasteiger partial charge on any atom is 0.161 e. The number of ether oxygens (including phenoxy) is 1. The van der Waals surface area contributed by atoms with E-state index >= 15 is 0 Å². The van der Waals surface area contributed by atoms with Gasteiger partial charge in [-0.25, -0.2) is 0 Å². The maximum atomic E-state index is 9.96. The molecule has 16 heavy (non-hydrogen) atoms. The standard InChI is InChI=1S/C13H21NO2/c1-3-6-11(14)9-10-7-5-8-12(13(10)15)16-4-2/h5,7-8,11,15H,3-4,6,9,14H2,1-2H3. The van der Waals surface area contributed by atoms with Crippen LogP contribution in [-0.2, 0) is 6.42 Å². The third kappa shape index (κ3) is 3.42. The van der Waals surface area contributed by atoms with Crippen LogP contribution in [0.5, 0.6) is 11.5 Å². The van der Waals surface area contributed by atoms with E-state index in [1.165, 1.54) is 0 Å². The van der Waals surface area contributed by atoms with E-state index < -0.39 is 0 Å². The molecule has 0 heterocycles. The van der Waals surface area contributed by atoms with Crippen molar-refractivity contribution < 1.29 is 9.84 Å². The Balaban J connectivity index is 2.76. The van der Waals surface area contributed by atoms with Gasteiger partial charge < -0.3 is 15.6 Å². The van der Waals surface area contributed by atoms with Crippen molar-refractivity contribution in [3.05, 3.63) is 23.8 Å². The van der Waals surface area contributed by atoms with Crippen LogP contribution in [0.2, 0.25) is 0 Å². The van der Waals surface area contributed by atoms with Crippen LogP contribution < -0.4 is 10.5 Å². The highest BCUT2D eigenvalue weighted by Gasteiger charge is 2.10. The Hall–Kier alpha value is -1.22. The molecule has 0 spiro atoms. The van der Waals surface area contributed by atoms with Gasteiger partial charge >= 0.3 is 0 Å². The van der Waals surface area contributed by atoms with Crippen molar-refractivity contribution in [1.29, 1.82) is 0 Å². The van der Waals surface area contributed by atoms with Gasteiger partial charge in [0.1, 0.15) is 0 Å². The van der Waals surface area contributed by atoms with Gasteiger partial charge in [-0.3, -0.25) is 0 Å². The number of phenols is 1. The average molecular weight is 223 g/mol. The summed E-state index contributed by atoms with van der Waals surface area (Å²) in [4.78, 5) is 0. The number of aromatic hydroxyl groups is 1. The molecular weight excluding hydrogens is 202 g/mol. The second-order valence-corrected chi connectivity index (χ2v) is 3.95. The van der Waals surface area contributed by atoms with Crippen molar-refractivity contribution in [3.8, 4) is 11.5 Å². The molecule has 0 saturated heterocycles. The molecule has 0 fully saturated rings. The summed E-state index contributed by atoms with van der Waals surface area (Å²) < 4.78 is 5.33. The Morgan fingerprint density at radius 3 is 2.75 bits per heavy atom. The third-order valence-corrected chi connectivity index (χ3v) is 2.52. The smallest absolute Gasteiger partial charge is 0.161 e. The Kier molecular flexibility index (Phi) is 5.12. The van der Waals surface area contributed by atoms with Gasteiger partial charge in [-0.15, -0.1) is 0 Å². The summed E-state index contributed by atoms with van der Waals surface area (Å²) in [7, 11) is 0. The Morgan fingerprint density at radius 2 is 2.12 bits per heavy atom. The van der Waals surface area contributed by atoms with E-state index in [1.807, 2.05) is 19.1 Å². The van der Waals surface area contributed by atoms with Crippen molar-refractivity contribution in [3.63, 3.8) is 0 Å². The minimum Gasteiger partial charge on any atom is -0.504 e. The zero-order valence-corrected chi connectivity index (χ0v) is 10.1. The van der Waals surface area contributed by atoms with E-state index in [4.69, 9.17) is 10.5 Å². The Bertz CT molecular complexity index is 326. The van der Waals surface area contributed by atoms with Crippen LogP contribution in [0.3, 0.4) is 0 Å². The first-order valence-electron chi connectivity index (χ1n) is 5.88. The number of phenolic OH excluding ortho intramolecular Hbond substituents is 1. The molecule has 1 aromatic rings. The van der Waals surface area contributed by atoms with Gasteiger partial charge in [-0.1, -0.05) is 25.5 Å². The van der Waals surface area contributed by atoms with Crippen molar-refractivity contribution in [2.75, 3.05) is 6.61 Å². The van der Waals surface area contributed by atoms with Crippen molar-refractivity contribution in [2.45, 2.75) is 39.2 Å². The number of benzene rings is 1. The lowest BCUT2D eigenvalue weighted by Gasteiger charge is -2.13. The second-order valence-electron chi connectivity index (χ2n) is 3.95. The number of hydrogen-bond donors (Lipinski definition) is 2. The van der Waals surface area contributed by atoms with Crippen molar-refractivity contribution in [1.82, 2.24) is 0 Å². The topological polar surface area (TPSA) is 55.5 Å². The summed E-state index contributed by atoms with van der Waals surface area (Å²) >= 11 is 0. The number of rotatable bonds is 6. The van der Waals surface area contributed by atoms with E-state index in [-0.39, 0.29) is 11.8 Å². The van der Waals surface area contributed by atoms with Gasteiger partial charge in [0.2, 0.25) is 0 Å². The van der Waals surface area contributed by atoms with Gasteiger partial charge in [-0.2, -0.15) is 0 Å². The molecule has 90 valence electrons.